The number of nitrogens with zero attached hydrogens (tertiary/aromatic N) is 8. The Kier molecular flexibility index (Phi) is 25.8. The molecule has 0 spiro atoms. The summed E-state index contributed by atoms with van der Waals surface area (Å²) in [5.74, 6) is 0. The molecule has 1 aliphatic rings. The van der Waals surface area contributed by atoms with Crippen LogP contribution in [0.4, 0.5) is 102 Å². The first kappa shape index (κ1) is 90.7. The van der Waals surface area contributed by atoms with Crippen LogP contribution >= 0.6 is 0 Å². The molecule has 0 bridgehead atoms. The molecule has 22 rings (SSSR count). The molecule has 0 N–H and O–H groups in total. The van der Waals surface area contributed by atoms with Gasteiger partial charge >= 0.3 is 0 Å². The van der Waals surface area contributed by atoms with Crippen LogP contribution in [-0.4, -0.2) is 9.13 Å². The molecule has 8 nitrogen and oxygen atoms in total. The quantitative estimate of drug-likeness (QED) is 0.0958. The molecule has 0 saturated carbocycles. The van der Waals surface area contributed by atoms with Crippen LogP contribution in [0.15, 0.2) is 497 Å². The van der Waals surface area contributed by atoms with Gasteiger partial charge in [0.05, 0.1) is 44.8 Å². The van der Waals surface area contributed by atoms with Gasteiger partial charge in [0.2, 0.25) is 0 Å². The van der Waals surface area contributed by atoms with Crippen LogP contribution in [0.2, 0.25) is 0 Å². The maximum atomic E-state index is 2.37. The van der Waals surface area contributed by atoms with Crippen LogP contribution in [0.5, 0.6) is 0 Å². The van der Waals surface area contributed by atoms with E-state index in [1.807, 2.05) is 0 Å². The van der Waals surface area contributed by atoms with Crippen molar-refractivity contribution in [2.24, 2.45) is 0 Å². The van der Waals surface area contributed by atoms with Crippen LogP contribution < -0.4 is 29.4 Å². The molecule has 0 unspecified atom stereocenters. The van der Waals surface area contributed by atoms with Gasteiger partial charge in [-0.1, -0.05) is 338 Å². The van der Waals surface area contributed by atoms with Crippen LogP contribution in [0.25, 0.3) is 55.0 Å². The van der Waals surface area contributed by atoms with E-state index < -0.39 is 0 Å². The third-order valence-electron chi connectivity index (χ3n) is 26.0. The van der Waals surface area contributed by atoms with Crippen molar-refractivity contribution in [1.29, 1.82) is 0 Å². The first-order valence-electron chi connectivity index (χ1n) is 48.0. The number of aromatic nitrogens is 2. The van der Waals surface area contributed by atoms with Crippen LogP contribution in [0.3, 0.4) is 0 Å². The Balaban J connectivity index is 0.000000118. The highest BCUT2D eigenvalue weighted by molar-refractivity contribution is 6.12. The Morgan fingerprint density at radius 2 is 0.326 bits per heavy atom. The molecule has 678 valence electrons. The molecule has 2 aromatic heterocycles. The predicted molar refractivity (Wildman–Crippen MR) is 591 cm³/mol. The maximum absolute atomic E-state index is 2.37. The first-order chi connectivity index (χ1) is 67.1. The van der Waals surface area contributed by atoms with Gasteiger partial charge in [0.15, 0.2) is 0 Å². The Hall–Kier alpha value is -16.4. The van der Waals surface area contributed by atoms with Gasteiger partial charge in [0, 0.05) is 113 Å². The lowest BCUT2D eigenvalue weighted by Gasteiger charge is -2.40. The molecular formula is C130H118N8. The fourth-order valence-corrected chi connectivity index (χ4v) is 18.9. The van der Waals surface area contributed by atoms with Crippen molar-refractivity contribution in [3.8, 4) is 11.4 Å². The highest BCUT2D eigenvalue weighted by atomic mass is 15.3. The van der Waals surface area contributed by atoms with Crippen molar-refractivity contribution < 1.29 is 0 Å². The normalized spacial score (nSPS) is 11.9. The number of anilines is 18. The largest absolute Gasteiger partial charge is 0.311 e. The van der Waals surface area contributed by atoms with Crippen LogP contribution in [0.1, 0.15) is 105 Å². The monoisotopic (exact) mass is 1790 g/mol. The second-order valence-corrected chi connectivity index (χ2v) is 39.5. The summed E-state index contributed by atoms with van der Waals surface area (Å²) in [5.41, 5.74) is 33.8. The maximum Gasteiger partial charge on any atom is 0.0703 e. The molecule has 0 fully saturated rings. The van der Waals surface area contributed by atoms with E-state index in [1.54, 1.807) is 0 Å². The van der Waals surface area contributed by atoms with Crippen molar-refractivity contribution in [2.45, 2.75) is 105 Å². The summed E-state index contributed by atoms with van der Waals surface area (Å²) in [7, 11) is 0. The predicted octanol–water partition coefficient (Wildman–Crippen LogP) is 37.3. The van der Waals surface area contributed by atoms with Gasteiger partial charge < -0.3 is 38.5 Å². The zero-order valence-corrected chi connectivity index (χ0v) is 80.9. The molecular weight excluding hydrogens is 1670 g/mol. The topological polar surface area (TPSA) is 29.3 Å². The van der Waals surface area contributed by atoms with Gasteiger partial charge in [-0.2, -0.15) is 0 Å². The summed E-state index contributed by atoms with van der Waals surface area (Å²) in [4.78, 5) is 14.0. The minimum absolute atomic E-state index is 0.119. The van der Waals surface area contributed by atoms with Crippen LogP contribution in [-0.2, 0) is 21.7 Å². The minimum atomic E-state index is 0.119. The van der Waals surface area contributed by atoms with Crippen molar-refractivity contribution >= 4 is 146 Å². The van der Waals surface area contributed by atoms with Gasteiger partial charge in [0.1, 0.15) is 0 Å². The van der Waals surface area contributed by atoms with E-state index in [9.17, 15) is 0 Å². The number of para-hydroxylation sites is 14. The molecule has 138 heavy (non-hydrogen) atoms. The molecule has 0 saturated heterocycles. The fourth-order valence-electron chi connectivity index (χ4n) is 18.9. The highest BCUT2D eigenvalue weighted by Gasteiger charge is 2.32. The Bertz CT molecular complexity index is 7510. The number of fused-ring (bicyclic) bond motifs is 8. The molecule has 19 aromatic carbocycles. The Morgan fingerprint density at radius 3 is 0.616 bits per heavy atom. The second kappa shape index (κ2) is 39.3. The number of hydrogen-bond donors (Lipinski definition) is 0. The lowest BCUT2D eigenvalue weighted by molar-refractivity contribution is 0.590. The number of rotatable bonds is 16. The Morgan fingerprint density at radius 1 is 0.145 bits per heavy atom. The van der Waals surface area contributed by atoms with E-state index in [2.05, 4.69) is 619 Å². The summed E-state index contributed by atoms with van der Waals surface area (Å²) in [6.07, 6.45) is 0. The summed E-state index contributed by atoms with van der Waals surface area (Å²) < 4.78 is 4.72. The summed E-state index contributed by atoms with van der Waals surface area (Å²) >= 11 is 0. The molecule has 3 heterocycles. The third-order valence-corrected chi connectivity index (χ3v) is 26.0. The number of benzene rings is 19. The molecule has 8 heteroatoms. The standard InChI is InChI=1S/2C34H30N2.C34H32N2.C28H26N2/c1-34(2,3)25-18-20-28(21-19-25)35(26-12-6-4-7-13-26)29-22-23-33-31(24-29)30-16-10-11-17-32(30)36(33)27-14-8-5-9-15-27;1-34(2,3)25-17-19-27(20-18-25)35(26-11-5-4-6-12-26)28-21-23-29(24-22-28)36-32-15-9-7-13-30(32)31-14-8-10-16-33(31)36;1-34(2,3)27-19-21-31(22-20-27)36(30-17-11-6-12-18-30)33-25-23-32(24-26-33)35(28-13-7-4-8-14-28)29-15-9-5-10-16-29;1-28(2,3)21-17-19-23(20-18-21)30-26-15-9-7-13-24(26)29(22-11-5-4-6-12-22)25-14-8-10-16-27(25)30/h2*4-24H,1-3H3;4-26H,1-3H3;4-20H,1-3H3. The molecule has 0 radical (unpaired) electrons. The van der Waals surface area contributed by atoms with E-state index in [4.69, 9.17) is 0 Å². The SMILES string of the molecule is CC(C)(C)c1ccc(N(c2ccccc2)c2ccc(-n3c4ccccc4c4ccccc43)cc2)cc1.CC(C)(C)c1ccc(N(c2ccccc2)c2ccc(N(c3ccccc3)c3ccccc3)cc2)cc1.CC(C)(C)c1ccc(N(c2ccccc2)c2ccc3c(c2)c2ccccc2n3-c2ccccc2)cc1.CC(C)(C)c1ccc(N2c3ccccc3N(c3ccccc3)c3ccccc32)cc1. The van der Waals surface area contributed by atoms with E-state index in [1.165, 1.54) is 106 Å². The average molecular weight is 1790 g/mol. The van der Waals surface area contributed by atoms with E-state index >= 15 is 0 Å². The average Bonchev–Trinajstić information content (AvgIpc) is 1.21. The van der Waals surface area contributed by atoms with E-state index in [0.29, 0.717) is 0 Å². The minimum Gasteiger partial charge on any atom is -0.311 e. The summed E-state index contributed by atoms with van der Waals surface area (Å²) in [5, 5.41) is 5.07. The zero-order valence-electron chi connectivity index (χ0n) is 80.9. The first-order valence-corrected chi connectivity index (χ1v) is 48.0. The van der Waals surface area contributed by atoms with E-state index in [-0.39, 0.29) is 21.7 Å². The molecule has 0 aliphatic carbocycles. The molecule has 21 aromatic rings. The van der Waals surface area contributed by atoms with Gasteiger partial charge in [-0.3, -0.25) is 0 Å². The van der Waals surface area contributed by atoms with Crippen molar-refractivity contribution in [2.75, 3.05) is 29.4 Å². The van der Waals surface area contributed by atoms with Gasteiger partial charge in [-0.25, -0.2) is 0 Å². The van der Waals surface area contributed by atoms with Crippen molar-refractivity contribution in [3.05, 3.63) is 520 Å². The Labute approximate surface area is 814 Å². The van der Waals surface area contributed by atoms with Gasteiger partial charge in [-0.05, 0) is 287 Å². The van der Waals surface area contributed by atoms with Gasteiger partial charge in [0.25, 0.3) is 0 Å². The zero-order chi connectivity index (χ0) is 95.1. The fraction of sp³-hybridized carbons (Fsp3) is 0.123. The number of hydrogen-bond acceptors (Lipinski definition) is 6. The highest BCUT2D eigenvalue weighted by Crippen LogP contribution is 2.55. The van der Waals surface area contributed by atoms with Crippen molar-refractivity contribution in [3.63, 3.8) is 0 Å². The second-order valence-electron chi connectivity index (χ2n) is 39.5. The molecule has 0 atom stereocenters. The third kappa shape index (κ3) is 19.2. The van der Waals surface area contributed by atoms with Crippen molar-refractivity contribution in [1.82, 2.24) is 9.13 Å². The van der Waals surface area contributed by atoms with Gasteiger partial charge in [-0.15, -0.1) is 0 Å². The van der Waals surface area contributed by atoms with Crippen LogP contribution in [0, 0.1) is 0 Å². The summed E-state index contributed by atoms with van der Waals surface area (Å²) in [6, 6.07) is 178. The smallest absolute Gasteiger partial charge is 0.0703 e. The lowest BCUT2D eigenvalue weighted by Crippen LogP contribution is -2.24. The molecule has 1 aliphatic heterocycles. The lowest BCUT2D eigenvalue weighted by atomic mass is 9.87. The molecule has 0 amide bonds. The summed E-state index contributed by atoms with van der Waals surface area (Å²) in [6.45, 7) is 27.1. The van der Waals surface area contributed by atoms with E-state index in [0.717, 1.165) is 73.9 Å².